The van der Waals surface area contributed by atoms with Crippen LogP contribution in [0.2, 0.25) is 5.02 Å². The zero-order valence-corrected chi connectivity index (χ0v) is 15.4. The van der Waals surface area contributed by atoms with Crippen LogP contribution in [0.4, 0.5) is 11.4 Å². The van der Waals surface area contributed by atoms with Crippen molar-refractivity contribution in [3.05, 3.63) is 64.3 Å². The normalized spacial score (nSPS) is 15.6. The van der Waals surface area contributed by atoms with E-state index in [0.29, 0.717) is 29.4 Å². The molecular weight excluding hydrogens is 352 g/mol. The molecule has 0 aromatic heterocycles. The van der Waals surface area contributed by atoms with Crippen LogP contribution in [0, 0.1) is 0 Å². The van der Waals surface area contributed by atoms with E-state index in [1.54, 1.807) is 6.07 Å². The van der Waals surface area contributed by atoms with Crippen molar-refractivity contribution in [1.82, 2.24) is 10.8 Å². The molecule has 6 nitrogen and oxygen atoms in total. The highest BCUT2D eigenvalue weighted by Crippen LogP contribution is 2.35. The molecule has 1 amide bonds. The molecule has 4 N–H and O–H groups in total. The van der Waals surface area contributed by atoms with Gasteiger partial charge in [0.15, 0.2) is 0 Å². The van der Waals surface area contributed by atoms with Crippen LogP contribution in [0.15, 0.2) is 48.2 Å². The first kappa shape index (κ1) is 18.1. The number of hydrogen-bond acceptors (Lipinski definition) is 5. The summed E-state index contributed by atoms with van der Waals surface area (Å²) in [5.41, 5.74) is 13.3. The number of anilines is 2. The summed E-state index contributed by atoms with van der Waals surface area (Å²) in [5, 5.41) is 4.06. The lowest BCUT2D eigenvalue weighted by Gasteiger charge is -2.25. The van der Waals surface area contributed by atoms with Crippen molar-refractivity contribution in [3.63, 3.8) is 0 Å². The van der Waals surface area contributed by atoms with Crippen LogP contribution < -0.4 is 21.4 Å². The second-order valence-electron chi connectivity index (χ2n) is 5.98. The summed E-state index contributed by atoms with van der Waals surface area (Å²) in [6, 6.07) is 13.1. The third kappa shape index (κ3) is 3.61. The van der Waals surface area contributed by atoms with Crippen LogP contribution in [0.25, 0.3) is 5.70 Å². The molecule has 7 heteroatoms. The Bertz CT molecular complexity index is 845. The molecule has 2 aromatic carbocycles. The second kappa shape index (κ2) is 7.68. The first-order valence-electron chi connectivity index (χ1n) is 8.22. The fourth-order valence-electron chi connectivity index (χ4n) is 3.01. The Morgan fingerprint density at radius 1 is 1.27 bits per heavy atom. The average Bonchev–Trinajstić information content (AvgIpc) is 2.82. The van der Waals surface area contributed by atoms with Crippen molar-refractivity contribution in [3.8, 4) is 0 Å². The van der Waals surface area contributed by atoms with Gasteiger partial charge < -0.3 is 16.0 Å². The van der Waals surface area contributed by atoms with Crippen molar-refractivity contribution in [2.24, 2.45) is 5.73 Å². The van der Waals surface area contributed by atoms with Crippen LogP contribution in [0.3, 0.4) is 0 Å². The summed E-state index contributed by atoms with van der Waals surface area (Å²) in [5.74, 6) is -0.307. The van der Waals surface area contributed by atoms with Crippen molar-refractivity contribution in [1.29, 1.82) is 0 Å². The third-order valence-electron chi connectivity index (χ3n) is 4.18. The van der Waals surface area contributed by atoms with Crippen molar-refractivity contribution in [2.45, 2.75) is 6.92 Å². The number of halogens is 1. The number of nitrogens with one attached hydrogen (secondary N) is 2. The van der Waals surface area contributed by atoms with E-state index in [1.165, 1.54) is 7.11 Å². The molecule has 1 aliphatic rings. The molecule has 1 aliphatic heterocycles. The monoisotopic (exact) mass is 372 g/mol. The minimum absolute atomic E-state index is 0.307. The summed E-state index contributed by atoms with van der Waals surface area (Å²) < 4.78 is 0. The molecule has 3 rings (SSSR count). The van der Waals surface area contributed by atoms with Crippen molar-refractivity contribution < 1.29 is 9.63 Å². The Balaban J connectivity index is 2.15. The van der Waals surface area contributed by atoms with Crippen LogP contribution in [0.1, 0.15) is 22.8 Å². The lowest BCUT2D eigenvalue weighted by molar-refractivity contribution is 0.0537. The first-order chi connectivity index (χ1) is 12.5. The van der Waals surface area contributed by atoms with E-state index < -0.39 is 0 Å². The molecule has 0 atom stereocenters. The van der Waals surface area contributed by atoms with E-state index in [0.717, 1.165) is 22.6 Å². The Labute approximate surface area is 157 Å². The van der Waals surface area contributed by atoms with Crippen molar-refractivity contribution >= 4 is 34.6 Å². The molecule has 0 fully saturated rings. The second-order valence-corrected chi connectivity index (χ2v) is 6.42. The van der Waals surface area contributed by atoms with Gasteiger partial charge in [-0.2, -0.15) is 0 Å². The fourth-order valence-corrected chi connectivity index (χ4v) is 3.13. The van der Waals surface area contributed by atoms with Crippen molar-refractivity contribution in [2.75, 3.05) is 25.1 Å². The Morgan fingerprint density at radius 3 is 2.65 bits per heavy atom. The maximum absolute atomic E-state index is 12.2. The Kier molecular flexibility index (Phi) is 5.35. The molecule has 0 saturated heterocycles. The zero-order chi connectivity index (χ0) is 18.7. The van der Waals surface area contributed by atoms with E-state index in [9.17, 15) is 4.79 Å². The smallest absolute Gasteiger partial charge is 0.274 e. The molecule has 136 valence electrons. The molecule has 2 aromatic rings. The van der Waals surface area contributed by atoms with Gasteiger partial charge in [-0.05, 0) is 49.4 Å². The molecule has 0 unspecified atom stereocenters. The highest BCUT2D eigenvalue weighted by molar-refractivity contribution is 6.30. The number of allylic oxidation sites excluding steroid dienone is 1. The van der Waals surface area contributed by atoms with Crippen LogP contribution >= 0.6 is 11.6 Å². The summed E-state index contributed by atoms with van der Waals surface area (Å²) in [4.78, 5) is 19.1. The van der Waals surface area contributed by atoms with Gasteiger partial charge in [0.25, 0.3) is 5.91 Å². The predicted octanol–water partition coefficient (Wildman–Crippen LogP) is 3.02. The number of benzene rings is 2. The number of rotatable bonds is 3. The minimum atomic E-state index is -0.307. The average molecular weight is 373 g/mol. The van der Waals surface area contributed by atoms with Crippen LogP contribution in [-0.4, -0.2) is 26.1 Å². The summed E-state index contributed by atoms with van der Waals surface area (Å²) in [6.45, 7) is 3.27. The topological polar surface area (TPSA) is 79.6 Å². The number of nitrogens with zero attached hydrogens (tertiary/aromatic N) is 1. The number of hydroxylamine groups is 1. The molecule has 26 heavy (non-hydrogen) atoms. The van der Waals surface area contributed by atoms with E-state index in [4.69, 9.17) is 22.2 Å². The quantitative estimate of drug-likeness (QED) is 0.722. The molecule has 1 heterocycles. The van der Waals surface area contributed by atoms with Crippen LogP contribution in [0.5, 0.6) is 0 Å². The molecule has 0 aliphatic carbocycles. The summed E-state index contributed by atoms with van der Waals surface area (Å²) in [7, 11) is 1.41. The minimum Gasteiger partial charge on any atom is -0.401 e. The van der Waals surface area contributed by atoms with Gasteiger partial charge in [0.1, 0.15) is 0 Å². The van der Waals surface area contributed by atoms with Gasteiger partial charge >= 0.3 is 0 Å². The molecular formula is C19H21ClN4O2. The van der Waals surface area contributed by atoms with Gasteiger partial charge in [-0.15, -0.1) is 0 Å². The van der Waals surface area contributed by atoms with E-state index in [1.807, 2.05) is 43.3 Å². The number of carbonyl (C=O) groups excluding carboxylic acids is 1. The summed E-state index contributed by atoms with van der Waals surface area (Å²) in [6.07, 6.45) is 0. The predicted molar refractivity (Wildman–Crippen MR) is 104 cm³/mol. The third-order valence-corrected chi connectivity index (χ3v) is 4.44. The Hall–Kier alpha value is -2.70. The lowest BCUT2D eigenvalue weighted by atomic mass is 10.0. The number of fused-ring (bicyclic) bond motifs is 1. The zero-order valence-electron chi connectivity index (χ0n) is 14.7. The van der Waals surface area contributed by atoms with E-state index in [2.05, 4.69) is 15.7 Å². The number of carbonyl (C=O) groups is 1. The van der Waals surface area contributed by atoms with Gasteiger partial charge in [0, 0.05) is 40.6 Å². The molecule has 0 saturated carbocycles. The maximum atomic E-state index is 12.2. The first-order valence-corrected chi connectivity index (χ1v) is 8.60. The molecule has 0 bridgehead atoms. The van der Waals surface area contributed by atoms with E-state index in [-0.39, 0.29) is 5.91 Å². The summed E-state index contributed by atoms with van der Waals surface area (Å²) >= 11 is 6.03. The van der Waals surface area contributed by atoms with Gasteiger partial charge in [0.05, 0.1) is 18.5 Å². The largest absolute Gasteiger partial charge is 0.401 e. The Morgan fingerprint density at radius 2 is 2.00 bits per heavy atom. The lowest BCUT2D eigenvalue weighted by Crippen LogP contribution is -2.25. The van der Waals surface area contributed by atoms with Gasteiger partial charge in [-0.3, -0.25) is 9.63 Å². The van der Waals surface area contributed by atoms with Gasteiger partial charge in [-0.1, -0.05) is 11.6 Å². The molecule has 0 spiro atoms. The maximum Gasteiger partial charge on any atom is 0.274 e. The fraction of sp³-hybridized carbons (Fsp3) is 0.211. The number of amides is 1. The van der Waals surface area contributed by atoms with E-state index >= 15 is 0 Å². The van der Waals surface area contributed by atoms with Crippen LogP contribution in [-0.2, 0) is 4.84 Å². The highest BCUT2D eigenvalue weighted by Gasteiger charge is 2.22. The molecule has 0 radical (unpaired) electrons. The number of hydrogen-bond donors (Lipinski definition) is 3. The van der Waals surface area contributed by atoms with Gasteiger partial charge in [0.2, 0.25) is 0 Å². The highest BCUT2D eigenvalue weighted by atomic mass is 35.5. The standard InChI is InChI=1S/C19H21ClN4O2/c1-12(21)18-16-8-3-13(19(25)23-26-2)11-17(16)24(10-9-22-18)15-6-4-14(20)5-7-15/h3-8,11,22H,9-10,21H2,1-2H3,(H,23,25)/b18-12-. The number of nitrogens with two attached hydrogens (primary N) is 1. The van der Waals surface area contributed by atoms with Gasteiger partial charge in [-0.25, -0.2) is 5.48 Å². The SMILES string of the molecule is CONC(=O)c1ccc2c(c1)N(c1ccc(Cl)cc1)CCN/C2=C(/C)N.